The molecule has 1 aliphatic heterocycles. The van der Waals surface area contributed by atoms with Crippen LogP contribution in [0.5, 0.6) is 0 Å². The average molecular weight is 433 g/mol. The third kappa shape index (κ3) is 2.94. The number of nitrogens with one attached hydrogen (secondary N) is 2. The molecule has 6 atom stereocenters. The van der Waals surface area contributed by atoms with E-state index < -0.39 is 0 Å². The van der Waals surface area contributed by atoms with Crippen LogP contribution >= 0.6 is 0 Å². The van der Waals surface area contributed by atoms with E-state index in [2.05, 4.69) is 42.7 Å². The van der Waals surface area contributed by atoms with E-state index in [9.17, 15) is 9.59 Å². The minimum absolute atomic E-state index is 0.0751. The van der Waals surface area contributed by atoms with Gasteiger partial charge in [0.2, 0.25) is 5.91 Å². The predicted octanol–water partition coefficient (Wildman–Crippen LogP) is 5.03. The van der Waals surface area contributed by atoms with E-state index >= 15 is 0 Å². The van der Waals surface area contributed by atoms with Gasteiger partial charge in [0, 0.05) is 41.8 Å². The third-order valence-electron chi connectivity index (χ3n) is 10.3. The van der Waals surface area contributed by atoms with Crippen LogP contribution in [0.15, 0.2) is 30.0 Å². The monoisotopic (exact) mass is 432 g/mol. The standard InChI is InChI=1S/C28H36N2O2/c1-27-13-11-23-21(16-29-25-15-20(31)10-12-28(23,25)2)22(27)8-9-24(27)26(32)30-19-7-6-17-4-3-5-18(17)14-19/h6-7,14-15,21-24,29H,3-5,8-13,16H2,1-2H3,(H,30,32)/t21-,22-,23-,24+,27-,28+/m0/s1. The lowest BCUT2D eigenvalue weighted by Gasteiger charge is -2.58. The van der Waals surface area contributed by atoms with Gasteiger partial charge < -0.3 is 10.6 Å². The lowest BCUT2D eigenvalue weighted by atomic mass is 9.50. The summed E-state index contributed by atoms with van der Waals surface area (Å²) in [6.07, 6.45) is 11.5. The Hall–Kier alpha value is -2.10. The number of rotatable bonds is 2. The van der Waals surface area contributed by atoms with Gasteiger partial charge in [0.1, 0.15) is 0 Å². The zero-order valence-electron chi connectivity index (χ0n) is 19.5. The highest BCUT2D eigenvalue weighted by molar-refractivity contribution is 5.93. The van der Waals surface area contributed by atoms with Gasteiger partial charge in [0.25, 0.3) is 0 Å². The van der Waals surface area contributed by atoms with E-state index in [1.165, 1.54) is 36.1 Å². The Balaban J connectivity index is 1.22. The Morgan fingerprint density at radius 3 is 2.75 bits per heavy atom. The number of aryl methyl sites for hydroxylation is 2. The number of piperidine rings is 1. The van der Waals surface area contributed by atoms with Crippen molar-refractivity contribution in [2.24, 2.45) is 34.5 Å². The summed E-state index contributed by atoms with van der Waals surface area (Å²) in [7, 11) is 0. The van der Waals surface area contributed by atoms with Crippen LogP contribution in [0.2, 0.25) is 0 Å². The van der Waals surface area contributed by atoms with Crippen LogP contribution in [0.4, 0.5) is 5.69 Å². The Kier molecular flexibility index (Phi) is 4.61. The normalized spacial score (nSPS) is 39.8. The number of anilines is 1. The molecule has 1 saturated heterocycles. The number of fused-ring (bicyclic) bond motifs is 6. The molecular formula is C28H36N2O2. The molecule has 1 heterocycles. The van der Waals surface area contributed by atoms with Crippen LogP contribution in [0.1, 0.15) is 69.9 Å². The SMILES string of the molecule is C[C@]12CC[C@H]3[C@@H](CNC4=CC(=O)CC[C@@]43C)[C@@H]1CC[C@@H]2C(=O)Nc1ccc2c(c1)CCC2. The fourth-order valence-electron chi connectivity index (χ4n) is 8.45. The summed E-state index contributed by atoms with van der Waals surface area (Å²) >= 11 is 0. The molecule has 1 aromatic carbocycles. The molecule has 0 radical (unpaired) electrons. The highest BCUT2D eigenvalue weighted by Crippen LogP contribution is 2.64. The maximum Gasteiger partial charge on any atom is 0.228 e. The van der Waals surface area contributed by atoms with Gasteiger partial charge in [-0.3, -0.25) is 9.59 Å². The Bertz CT molecular complexity index is 1010. The quantitative estimate of drug-likeness (QED) is 0.689. The number of benzene rings is 1. The van der Waals surface area contributed by atoms with Crippen LogP contribution < -0.4 is 10.6 Å². The number of allylic oxidation sites excluding steroid dienone is 2. The molecule has 0 unspecified atom stereocenters. The Labute approximate surface area is 191 Å². The van der Waals surface area contributed by atoms with Crippen molar-refractivity contribution in [3.05, 3.63) is 41.1 Å². The first-order valence-corrected chi connectivity index (χ1v) is 12.8. The first-order valence-electron chi connectivity index (χ1n) is 12.8. The average Bonchev–Trinajstić information content (AvgIpc) is 3.37. The molecule has 0 aromatic heterocycles. The molecule has 1 amide bonds. The van der Waals surface area contributed by atoms with Crippen molar-refractivity contribution in [2.45, 2.75) is 71.6 Å². The lowest BCUT2D eigenvalue weighted by molar-refractivity contribution is -0.127. The Morgan fingerprint density at radius 2 is 1.88 bits per heavy atom. The summed E-state index contributed by atoms with van der Waals surface area (Å²) < 4.78 is 0. The van der Waals surface area contributed by atoms with E-state index in [-0.39, 0.29) is 28.4 Å². The van der Waals surface area contributed by atoms with Gasteiger partial charge in [-0.2, -0.15) is 0 Å². The van der Waals surface area contributed by atoms with Gasteiger partial charge in [-0.15, -0.1) is 0 Å². The maximum absolute atomic E-state index is 13.5. The van der Waals surface area contributed by atoms with Gasteiger partial charge in [-0.05, 0) is 97.8 Å². The fourth-order valence-corrected chi connectivity index (χ4v) is 8.45. The van der Waals surface area contributed by atoms with Crippen molar-refractivity contribution in [1.82, 2.24) is 5.32 Å². The van der Waals surface area contributed by atoms with Gasteiger partial charge >= 0.3 is 0 Å². The Morgan fingerprint density at radius 1 is 1.03 bits per heavy atom. The molecule has 2 N–H and O–H groups in total. The van der Waals surface area contributed by atoms with Crippen LogP contribution in [-0.4, -0.2) is 18.2 Å². The maximum atomic E-state index is 13.5. The molecule has 0 bridgehead atoms. The van der Waals surface area contributed by atoms with Crippen molar-refractivity contribution in [3.63, 3.8) is 0 Å². The topological polar surface area (TPSA) is 58.2 Å². The van der Waals surface area contributed by atoms with E-state index in [0.29, 0.717) is 24.2 Å². The van der Waals surface area contributed by atoms with Crippen LogP contribution in [0, 0.1) is 34.5 Å². The molecule has 4 aliphatic carbocycles. The highest BCUT2D eigenvalue weighted by Gasteiger charge is 2.60. The number of hydrogen-bond acceptors (Lipinski definition) is 3. The van der Waals surface area contributed by atoms with Crippen LogP contribution in [0.25, 0.3) is 0 Å². The van der Waals surface area contributed by atoms with Crippen LogP contribution in [0.3, 0.4) is 0 Å². The van der Waals surface area contributed by atoms with E-state index in [0.717, 1.165) is 44.3 Å². The molecule has 170 valence electrons. The van der Waals surface area contributed by atoms with Crippen molar-refractivity contribution in [2.75, 3.05) is 11.9 Å². The minimum Gasteiger partial charge on any atom is -0.387 e. The number of carbonyl (C=O) groups excluding carboxylic acids is 2. The first kappa shape index (κ1) is 20.5. The smallest absolute Gasteiger partial charge is 0.228 e. The molecule has 6 rings (SSSR count). The molecular weight excluding hydrogens is 396 g/mol. The van der Waals surface area contributed by atoms with E-state index in [1.807, 2.05) is 6.08 Å². The zero-order valence-corrected chi connectivity index (χ0v) is 19.5. The van der Waals surface area contributed by atoms with Gasteiger partial charge in [0.05, 0.1) is 0 Å². The summed E-state index contributed by atoms with van der Waals surface area (Å²) in [4.78, 5) is 25.5. The molecule has 4 nitrogen and oxygen atoms in total. The second-order valence-electron chi connectivity index (χ2n) is 11.7. The zero-order chi connectivity index (χ0) is 22.1. The van der Waals surface area contributed by atoms with Crippen molar-refractivity contribution >= 4 is 17.4 Å². The highest BCUT2D eigenvalue weighted by atomic mass is 16.2. The molecule has 4 heteroatoms. The van der Waals surface area contributed by atoms with Crippen molar-refractivity contribution in [1.29, 1.82) is 0 Å². The second kappa shape index (κ2) is 7.20. The summed E-state index contributed by atoms with van der Waals surface area (Å²) in [5, 5.41) is 6.97. The van der Waals surface area contributed by atoms with Gasteiger partial charge in [0.15, 0.2) is 5.78 Å². The fraction of sp³-hybridized carbons (Fsp3) is 0.643. The molecule has 0 spiro atoms. The molecule has 32 heavy (non-hydrogen) atoms. The summed E-state index contributed by atoms with van der Waals surface area (Å²) in [5.74, 6) is 2.40. The molecule has 2 saturated carbocycles. The summed E-state index contributed by atoms with van der Waals surface area (Å²) in [5.41, 5.74) is 5.20. The van der Waals surface area contributed by atoms with Crippen molar-refractivity contribution in [3.8, 4) is 0 Å². The number of hydrogen-bond donors (Lipinski definition) is 2. The number of amides is 1. The van der Waals surface area contributed by atoms with E-state index in [1.54, 1.807) is 0 Å². The minimum atomic E-state index is 0.0751. The third-order valence-corrected chi connectivity index (χ3v) is 10.3. The van der Waals surface area contributed by atoms with Gasteiger partial charge in [-0.25, -0.2) is 0 Å². The van der Waals surface area contributed by atoms with E-state index in [4.69, 9.17) is 0 Å². The largest absolute Gasteiger partial charge is 0.387 e. The first-order chi connectivity index (χ1) is 15.4. The molecule has 1 aromatic rings. The summed E-state index contributed by atoms with van der Waals surface area (Å²) in [6, 6.07) is 6.50. The molecule has 5 aliphatic rings. The van der Waals surface area contributed by atoms with Crippen LogP contribution in [-0.2, 0) is 22.4 Å². The predicted molar refractivity (Wildman–Crippen MR) is 126 cm³/mol. The van der Waals surface area contributed by atoms with Crippen molar-refractivity contribution < 1.29 is 9.59 Å². The summed E-state index contributed by atoms with van der Waals surface area (Å²) in [6.45, 7) is 5.73. The van der Waals surface area contributed by atoms with Gasteiger partial charge in [-0.1, -0.05) is 19.9 Å². The second-order valence-corrected chi connectivity index (χ2v) is 11.7. The number of ketones is 1. The molecule has 3 fully saturated rings. The lowest BCUT2D eigenvalue weighted by Crippen LogP contribution is -2.57. The number of carbonyl (C=O) groups is 2.